The monoisotopic (exact) mass is 279 g/mol. The molecule has 1 heterocycles. The Kier molecular flexibility index (Phi) is 5.68. The highest BCUT2D eigenvalue weighted by Gasteiger charge is 2.18. The van der Waals surface area contributed by atoms with Gasteiger partial charge in [-0.2, -0.15) is 0 Å². The predicted octanol–water partition coefficient (Wildman–Crippen LogP) is 2.53. The minimum absolute atomic E-state index is 0.528. The molecule has 1 fully saturated rings. The van der Waals surface area contributed by atoms with Crippen LogP contribution in [0.1, 0.15) is 30.4 Å². The molecule has 20 heavy (non-hydrogen) atoms. The van der Waals surface area contributed by atoms with E-state index in [0.717, 1.165) is 30.0 Å². The lowest BCUT2D eigenvalue weighted by Crippen LogP contribution is -2.35. The second-order valence-corrected chi connectivity index (χ2v) is 5.26. The third kappa shape index (κ3) is 3.64. The summed E-state index contributed by atoms with van der Waals surface area (Å²) >= 11 is 0. The van der Waals surface area contributed by atoms with Gasteiger partial charge in [0.1, 0.15) is 11.5 Å². The van der Waals surface area contributed by atoms with Crippen molar-refractivity contribution in [3.8, 4) is 11.5 Å². The molecular weight excluding hydrogens is 254 g/mol. The molecule has 1 atom stereocenters. The van der Waals surface area contributed by atoms with E-state index in [4.69, 9.17) is 14.2 Å². The molecular formula is C16H25NO3. The largest absolute Gasteiger partial charge is 0.497 e. The fourth-order valence-electron chi connectivity index (χ4n) is 2.88. The average molecular weight is 279 g/mol. The van der Waals surface area contributed by atoms with Gasteiger partial charge in [-0.05, 0) is 43.5 Å². The molecule has 0 saturated carbocycles. The number of hydrogen-bond acceptors (Lipinski definition) is 4. The van der Waals surface area contributed by atoms with Gasteiger partial charge in [0.2, 0.25) is 0 Å². The first-order chi connectivity index (χ1) is 9.78. The molecule has 2 rings (SSSR count). The molecule has 1 aromatic carbocycles. The SMILES string of the molecule is COCc1cc(OC)cc(CC2CCCCN2)c1OC. The molecule has 0 aromatic heterocycles. The molecule has 4 nitrogen and oxygen atoms in total. The molecule has 0 bridgehead atoms. The Morgan fingerprint density at radius 3 is 2.50 bits per heavy atom. The van der Waals surface area contributed by atoms with Gasteiger partial charge in [-0.25, -0.2) is 0 Å². The maximum Gasteiger partial charge on any atom is 0.127 e. The minimum Gasteiger partial charge on any atom is -0.497 e. The van der Waals surface area contributed by atoms with Gasteiger partial charge in [0.15, 0.2) is 0 Å². The molecule has 1 saturated heterocycles. The van der Waals surface area contributed by atoms with Crippen LogP contribution in [0.2, 0.25) is 0 Å². The van der Waals surface area contributed by atoms with Crippen LogP contribution >= 0.6 is 0 Å². The Hall–Kier alpha value is -1.26. The summed E-state index contributed by atoms with van der Waals surface area (Å²) in [4.78, 5) is 0. The molecule has 1 aliphatic heterocycles. The highest BCUT2D eigenvalue weighted by Crippen LogP contribution is 2.31. The number of rotatable bonds is 6. The summed E-state index contributed by atoms with van der Waals surface area (Å²) < 4.78 is 16.3. The van der Waals surface area contributed by atoms with Gasteiger partial charge >= 0.3 is 0 Å². The van der Waals surface area contributed by atoms with Crippen molar-refractivity contribution in [1.29, 1.82) is 0 Å². The molecule has 112 valence electrons. The van der Waals surface area contributed by atoms with Crippen LogP contribution < -0.4 is 14.8 Å². The Labute approximate surface area is 121 Å². The molecule has 0 spiro atoms. The summed E-state index contributed by atoms with van der Waals surface area (Å²) in [5.41, 5.74) is 2.23. The second kappa shape index (κ2) is 7.50. The number of ether oxygens (including phenoxy) is 3. The molecule has 1 aliphatic rings. The Morgan fingerprint density at radius 2 is 1.90 bits per heavy atom. The van der Waals surface area contributed by atoms with E-state index >= 15 is 0 Å². The Bertz CT molecular complexity index is 428. The van der Waals surface area contributed by atoms with E-state index in [2.05, 4.69) is 11.4 Å². The molecule has 0 radical (unpaired) electrons. The fraction of sp³-hybridized carbons (Fsp3) is 0.625. The number of hydrogen-bond donors (Lipinski definition) is 1. The summed E-state index contributed by atoms with van der Waals surface area (Å²) in [6.07, 6.45) is 4.77. The van der Waals surface area contributed by atoms with Gasteiger partial charge in [0.25, 0.3) is 0 Å². The van der Waals surface area contributed by atoms with Gasteiger partial charge in [0, 0.05) is 18.7 Å². The van der Waals surface area contributed by atoms with Crippen LogP contribution in [0.25, 0.3) is 0 Å². The minimum atomic E-state index is 0.528. The van der Waals surface area contributed by atoms with Crippen LogP contribution in [0.15, 0.2) is 12.1 Å². The predicted molar refractivity (Wildman–Crippen MR) is 79.6 cm³/mol. The second-order valence-electron chi connectivity index (χ2n) is 5.26. The van der Waals surface area contributed by atoms with Crippen molar-refractivity contribution in [1.82, 2.24) is 5.32 Å². The van der Waals surface area contributed by atoms with E-state index in [1.54, 1.807) is 21.3 Å². The van der Waals surface area contributed by atoms with E-state index < -0.39 is 0 Å². The summed E-state index contributed by atoms with van der Waals surface area (Å²) in [5, 5.41) is 3.58. The van der Waals surface area contributed by atoms with Crippen molar-refractivity contribution in [2.75, 3.05) is 27.9 Å². The van der Waals surface area contributed by atoms with Gasteiger partial charge in [-0.3, -0.25) is 0 Å². The normalized spacial score (nSPS) is 18.9. The highest BCUT2D eigenvalue weighted by molar-refractivity contribution is 5.47. The highest BCUT2D eigenvalue weighted by atomic mass is 16.5. The fourth-order valence-corrected chi connectivity index (χ4v) is 2.88. The maximum atomic E-state index is 5.61. The van der Waals surface area contributed by atoms with Crippen LogP contribution in [-0.2, 0) is 17.8 Å². The van der Waals surface area contributed by atoms with Gasteiger partial charge in [0.05, 0.1) is 20.8 Å². The summed E-state index contributed by atoms with van der Waals surface area (Å²) in [6.45, 7) is 1.65. The van der Waals surface area contributed by atoms with Crippen LogP contribution in [-0.4, -0.2) is 33.9 Å². The molecule has 1 aromatic rings. The van der Waals surface area contributed by atoms with Crippen LogP contribution in [0.5, 0.6) is 11.5 Å². The van der Waals surface area contributed by atoms with Crippen molar-refractivity contribution in [2.45, 2.75) is 38.3 Å². The Balaban J connectivity index is 2.25. The first-order valence-corrected chi connectivity index (χ1v) is 7.24. The Morgan fingerprint density at radius 1 is 1.10 bits per heavy atom. The molecule has 0 amide bonds. The molecule has 4 heteroatoms. The van der Waals surface area contributed by atoms with Crippen LogP contribution in [0, 0.1) is 0 Å². The molecule has 0 aliphatic carbocycles. The quantitative estimate of drug-likeness (QED) is 0.868. The van der Waals surface area contributed by atoms with E-state index in [1.165, 1.54) is 24.8 Å². The first-order valence-electron chi connectivity index (χ1n) is 7.24. The van der Waals surface area contributed by atoms with Gasteiger partial charge < -0.3 is 19.5 Å². The van der Waals surface area contributed by atoms with Crippen molar-refractivity contribution in [2.24, 2.45) is 0 Å². The number of methoxy groups -OCH3 is 3. The lowest BCUT2D eigenvalue weighted by molar-refractivity contribution is 0.181. The molecule has 1 unspecified atom stereocenters. The zero-order chi connectivity index (χ0) is 14.4. The van der Waals surface area contributed by atoms with Crippen molar-refractivity contribution >= 4 is 0 Å². The summed E-state index contributed by atoms with van der Waals surface area (Å²) in [5.74, 6) is 1.80. The van der Waals surface area contributed by atoms with E-state index in [-0.39, 0.29) is 0 Å². The topological polar surface area (TPSA) is 39.7 Å². The zero-order valence-electron chi connectivity index (χ0n) is 12.7. The lowest BCUT2D eigenvalue weighted by Gasteiger charge is -2.25. The molecule has 1 N–H and O–H groups in total. The standard InChI is InChI=1S/C16H25NO3/c1-18-11-13-10-15(19-2)9-12(16(13)20-3)8-14-6-4-5-7-17-14/h9-10,14,17H,4-8,11H2,1-3H3. The van der Waals surface area contributed by atoms with Crippen LogP contribution in [0.4, 0.5) is 0 Å². The maximum absolute atomic E-state index is 5.61. The summed E-state index contributed by atoms with van der Waals surface area (Å²) in [6, 6.07) is 4.59. The summed E-state index contributed by atoms with van der Waals surface area (Å²) in [7, 11) is 5.11. The number of nitrogens with one attached hydrogen (secondary N) is 1. The zero-order valence-corrected chi connectivity index (χ0v) is 12.7. The van der Waals surface area contributed by atoms with Crippen molar-refractivity contribution in [3.05, 3.63) is 23.3 Å². The van der Waals surface area contributed by atoms with Crippen LogP contribution in [0.3, 0.4) is 0 Å². The van der Waals surface area contributed by atoms with Crippen molar-refractivity contribution < 1.29 is 14.2 Å². The van der Waals surface area contributed by atoms with E-state index in [9.17, 15) is 0 Å². The van der Waals surface area contributed by atoms with E-state index in [0.29, 0.717) is 12.6 Å². The average Bonchev–Trinajstić information content (AvgIpc) is 2.48. The number of piperidine rings is 1. The first kappa shape index (κ1) is 15.1. The third-order valence-electron chi connectivity index (χ3n) is 3.83. The van der Waals surface area contributed by atoms with E-state index in [1.807, 2.05) is 6.07 Å². The van der Waals surface area contributed by atoms with Gasteiger partial charge in [-0.1, -0.05) is 6.42 Å². The van der Waals surface area contributed by atoms with Crippen molar-refractivity contribution in [3.63, 3.8) is 0 Å². The third-order valence-corrected chi connectivity index (χ3v) is 3.83. The van der Waals surface area contributed by atoms with Gasteiger partial charge in [-0.15, -0.1) is 0 Å². The lowest BCUT2D eigenvalue weighted by atomic mass is 9.95. The smallest absolute Gasteiger partial charge is 0.127 e. The number of benzene rings is 1.